The van der Waals surface area contributed by atoms with Crippen molar-refractivity contribution in [3.8, 4) is 11.5 Å². The van der Waals surface area contributed by atoms with E-state index in [1.165, 1.54) is 50.2 Å². The Balaban J connectivity index is 2.43. The standard InChI is InChI=1S/C48H68N2O12/c1-15-47(13,61-28-33(11)48(14,16-2)31(7)8)27-34(12)50-42(52)38-20-18-36(26-40(38)46(56)60-24-22-58-44(54)30(5)6)62-35-17-19-37(41(51)49-32(9)10)39(25-35)45(55)59-23-21-57-43(53)29(3)4/h17-20,25-26,31-34H,3,5,15-16,21-24,27-28H2,1-2,4,6-14H3,(H,49,51)(H,50,52). The molecular weight excluding hydrogens is 797 g/mol. The molecule has 0 spiro atoms. The van der Waals surface area contributed by atoms with Crippen LogP contribution in [0.3, 0.4) is 0 Å². The first-order valence-electron chi connectivity index (χ1n) is 21.2. The van der Waals surface area contributed by atoms with Crippen molar-refractivity contribution in [2.75, 3.05) is 33.0 Å². The molecule has 0 heterocycles. The zero-order valence-corrected chi connectivity index (χ0v) is 38.7. The van der Waals surface area contributed by atoms with Crippen LogP contribution in [0.25, 0.3) is 0 Å². The number of benzene rings is 2. The van der Waals surface area contributed by atoms with Gasteiger partial charge in [0.2, 0.25) is 0 Å². The Morgan fingerprint density at radius 3 is 1.45 bits per heavy atom. The molecule has 0 saturated carbocycles. The number of amides is 2. The van der Waals surface area contributed by atoms with Crippen molar-refractivity contribution in [2.45, 2.75) is 120 Å². The molecular formula is C48H68N2O12. The number of carbonyl (C=O) groups excluding carboxylic acids is 6. The molecule has 14 heteroatoms. The summed E-state index contributed by atoms with van der Waals surface area (Å²) >= 11 is 0. The third-order valence-corrected chi connectivity index (χ3v) is 11.1. The predicted molar refractivity (Wildman–Crippen MR) is 236 cm³/mol. The second kappa shape index (κ2) is 24.2. The van der Waals surface area contributed by atoms with Crippen LogP contribution in [-0.2, 0) is 33.3 Å². The number of nitrogens with one attached hydrogen (secondary N) is 2. The highest BCUT2D eigenvalue weighted by atomic mass is 16.6. The van der Waals surface area contributed by atoms with Gasteiger partial charge < -0.3 is 39.1 Å². The number of esters is 4. The molecule has 342 valence electrons. The number of ether oxygens (including phenoxy) is 6. The summed E-state index contributed by atoms with van der Waals surface area (Å²) in [7, 11) is 0. The quantitative estimate of drug-likeness (QED) is 0.0421. The van der Waals surface area contributed by atoms with E-state index in [-0.39, 0.29) is 88.8 Å². The molecule has 4 atom stereocenters. The summed E-state index contributed by atoms with van der Waals surface area (Å²) in [5.41, 5.74) is -0.370. The van der Waals surface area contributed by atoms with Crippen molar-refractivity contribution in [3.05, 3.63) is 83.0 Å². The Kier molecular flexibility index (Phi) is 20.6. The van der Waals surface area contributed by atoms with E-state index in [0.29, 0.717) is 31.3 Å². The van der Waals surface area contributed by atoms with Crippen LogP contribution in [0.2, 0.25) is 0 Å². The van der Waals surface area contributed by atoms with Gasteiger partial charge in [-0.05, 0) is 108 Å². The Morgan fingerprint density at radius 2 is 1.06 bits per heavy atom. The van der Waals surface area contributed by atoms with E-state index in [0.717, 1.165) is 6.42 Å². The highest BCUT2D eigenvalue weighted by molar-refractivity contribution is 6.06. The van der Waals surface area contributed by atoms with Gasteiger partial charge in [0.1, 0.15) is 37.9 Å². The molecule has 2 aromatic carbocycles. The molecule has 0 bridgehead atoms. The number of rotatable bonds is 25. The summed E-state index contributed by atoms with van der Waals surface area (Å²) in [6.07, 6.45) is 2.23. The fourth-order valence-electron chi connectivity index (χ4n) is 6.47. The van der Waals surface area contributed by atoms with E-state index in [9.17, 15) is 28.8 Å². The van der Waals surface area contributed by atoms with Gasteiger partial charge in [0, 0.05) is 23.2 Å². The van der Waals surface area contributed by atoms with Gasteiger partial charge in [-0.25, -0.2) is 19.2 Å². The third-order valence-electron chi connectivity index (χ3n) is 11.1. The smallest absolute Gasteiger partial charge is 0.339 e. The second-order valence-corrected chi connectivity index (χ2v) is 16.9. The van der Waals surface area contributed by atoms with Crippen molar-refractivity contribution in [1.82, 2.24) is 10.6 Å². The topological polar surface area (TPSA) is 182 Å². The minimum atomic E-state index is -0.892. The Labute approximate surface area is 367 Å². The maximum atomic E-state index is 13.9. The van der Waals surface area contributed by atoms with E-state index in [4.69, 9.17) is 28.4 Å². The largest absolute Gasteiger partial charge is 0.459 e. The Bertz CT molecular complexity index is 1940. The molecule has 62 heavy (non-hydrogen) atoms. The highest BCUT2D eigenvalue weighted by Crippen LogP contribution is 2.40. The van der Waals surface area contributed by atoms with Crippen LogP contribution in [0.4, 0.5) is 0 Å². The van der Waals surface area contributed by atoms with Crippen molar-refractivity contribution in [2.24, 2.45) is 17.3 Å². The molecule has 2 N–H and O–H groups in total. The number of hydrogen-bond donors (Lipinski definition) is 2. The lowest BCUT2D eigenvalue weighted by atomic mass is 9.68. The maximum absolute atomic E-state index is 13.9. The summed E-state index contributed by atoms with van der Waals surface area (Å²) in [4.78, 5) is 77.5. The molecule has 2 amide bonds. The molecule has 0 radical (unpaired) electrons. The van der Waals surface area contributed by atoms with Gasteiger partial charge in [-0.3, -0.25) is 9.59 Å². The van der Waals surface area contributed by atoms with Crippen LogP contribution in [0, 0.1) is 17.3 Å². The van der Waals surface area contributed by atoms with E-state index in [2.05, 4.69) is 58.4 Å². The molecule has 0 aromatic heterocycles. The monoisotopic (exact) mass is 864 g/mol. The van der Waals surface area contributed by atoms with E-state index < -0.39 is 41.3 Å². The van der Waals surface area contributed by atoms with E-state index in [1.807, 2.05) is 20.8 Å². The fraction of sp³-hybridized carbons (Fsp3) is 0.542. The average molecular weight is 865 g/mol. The van der Waals surface area contributed by atoms with Gasteiger partial charge in [0.05, 0.1) is 34.5 Å². The van der Waals surface area contributed by atoms with Crippen molar-refractivity contribution in [1.29, 1.82) is 0 Å². The van der Waals surface area contributed by atoms with E-state index >= 15 is 0 Å². The minimum absolute atomic E-state index is 0.00168. The van der Waals surface area contributed by atoms with Crippen molar-refractivity contribution in [3.63, 3.8) is 0 Å². The average Bonchev–Trinajstić information content (AvgIpc) is 3.21. The van der Waals surface area contributed by atoms with Gasteiger partial charge >= 0.3 is 23.9 Å². The summed E-state index contributed by atoms with van der Waals surface area (Å²) in [6.45, 7) is 30.1. The van der Waals surface area contributed by atoms with E-state index in [1.54, 1.807) is 13.8 Å². The van der Waals surface area contributed by atoms with Crippen molar-refractivity contribution < 1.29 is 57.2 Å². The first kappa shape index (κ1) is 52.6. The minimum Gasteiger partial charge on any atom is -0.459 e. The summed E-state index contributed by atoms with van der Waals surface area (Å²) in [6, 6.07) is 7.72. The second-order valence-electron chi connectivity index (χ2n) is 16.9. The molecule has 2 rings (SSSR count). The van der Waals surface area contributed by atoms with Gasteiger partial charge in [-0.2, -0.15) is 0 Å². The highest BCUT2D eigenvalue weighted by Gasteiger charge is 2.35. The van der Waals surface area contributed by atoms with Gasteiger partial charge in [-0.15, -0.1) is 0 Å². The van der Waals surface area contributed by atoms with Crippen LogP contribution in [-0.4, -0.2) is 86.4 Å². The van der Waals surface area contributed by atoms with Gasteiger partial charge in [0.25, 0.3) is 11.8 Å². The molecule has 4 unspecified atom stereocenters. The lowest BCUT2D eigenvalue weighted by Crippen LogP contribution is -2.43. The number of carbonyl (C=O) groups is 6. The Morgan fingerprint density at radius 1 is 0.629 bits per heavy atom. The molecule has 0 fully saturated rings. The van der Waals surface area contributed by atoms with Crippen LogP contribution < -0.4 is 15.4 Å². The molecule has 2 aromatic rings. The zero-order valence-electron chi connectivity index (χ0n) is 38.7. The van der Waals surface area contributed by atoms with Crippen molar-refractivity contribution >= 4 is 35.7 Å². The lowest BCUT2D eigenvalue weighted by molar-refractivity contribution is -0.140. The van der Waals surface area contributed by atoms with Crippen LogP contribution in [0.15, 0.2) is 60.7 Å². The lowest BCUT2D eigenvalue weighted by Gasteiger charge is -2.41. The zero-order chi connectivity index (χ0) is 46.9. The molecule has 0 saturated heterocycles. The predicted octanol–water partition coefficient (Wildman–Crippen LogP) is 8.57. The Hall–Kier alpha value is -5.50. The molecule has 0 aliphatic rings. The number of hydrogen-bond acceptors (Lipinski definition) is 12. The summed E-state index contributed by atoms with van der Waals surface area (Å²) in [5, 5.41) is 5.75. The van der Waals surface area contributed by atoms with Crippen LogP contribution >= 0.6 is 0 Å². The summed E-state index contributed by atoms with van der Waals surface area (Å²) in [5.74, 6) is -3.21. The van der Waals surface area contributed by atoms with Crippen LogP contribution in [0.1, 0.15) is 144 Å². The summed E-state index contributed by atoms with van der Waals surface area (Å²) < 4.78 is 33.4. The first-order chi connectivity index (χ1) is 29.0. The SMILES string of the molecule is C=C(C)C(=O)OCCOC(=O)c1cc(Oc2ccc(C(=O)NC(C)CC(C)(CC)OCC(C)C(C)(CC)C(C)C)c(C(=O)OCCOC(=O)C(=C)C)c2)ccc1C(=O)NC(C)C. The third kappa shape index (κ3) is 15.8. The normalized spacial score (nSPS) is 14.0. The first-order valence-corrected chi connectivity index (χ1v) is 21.2. The molecule has 0 aliphatic carbocycles. The van der Waals surface area contributed by atoms with Crippen LogP contribution in [0.5, 0.6) is 11.5 Å². The molecule has 0 aliphatic heterocycles. The van der Waals surface area contributed by atoms with Gasteiger partial charge in [0.15, 0.2) is 0 Å². The fourth-order valence-corrected chi connectivity index (χ4v) is 6.47. The van der Waals surface area contributed by atoms with Gasteiger partial charge in [-0.1, -0.05) is 61.1 Å². The molecule has 14 nitrogen and oxygen atoms in total. The maximum Gasteiger partial charge on any atom is 0.339 e.